The van der Waals surface area contributed by atoms with E-state index in [2.05, 4.69) is 15.0 Å². The molecule has 0 saturated carbocycles. The van der Waals surface area contributed by atoms with Crippen molar-refractivity contribution in [1.82, 2.24) is 10.1 Å². The van der Waals surface area contributed by atoms with Crippen LogP contribution in [0.4, 0.5) is 5.82 Å². The number of carbonyl (C=O) groups excluding carboxylic acids is 2. The van der Waals surface area contributed by atoms with E-state index >= 15 is 0 Å². The highest BCUT2D eigenvalue weighted by molar-refractivity contribution is 5.99. The van der Waals surface area contributed by atoms with Crippen LogP contribution >= 0.6 is 0 Å². The van der Waals surface area contributed by atoms with Crippen LogP contribution in [0.1, 0.15) is 16.8 Å². The molecule has 2 aromatic rings. The van der Waals surface area contributed by atoms with Gasteiger partial charge in [0.25, 0.3) is 5.91 Å². The lowest BCUT2D eigenvalue weighted by Crippen LogP contribution is -2.39. The second kappa shape index (κ2) is 9.43. The van der Waals surface area contributed by atoms with Gasteiger partial charge in [-0.3, -0.25) is 9.59 Å². The summed E-state index contributed by atoms with van der Waals surface area (Å²) in [6.45, 7) is 0.773. The van der Waals surface area contributed by atoms with Gasteiger partial charge in [-0.25, -0.2) is 0 Å². The first-order chi connectivity index (χ1) is 12.1. The standard InChI is InChI=1S/C17H21N3O5/c1-23-9-4-8-20(12-16(21)18-15-7-10-25-19-15)17(22)13-5-3-6-14(11-13)24-2/h3,5-7,10-11H,4,8-9,12H2,1-2H3,(H,18,19,21). The van der Waals surface area contributed by atoms with E-state index in [1.165, 1.54) is 24.3 Å². The fourth-order valence-corrected chi connectivity index (χ4v) is 2.22. The fraction of sp³-hybridized carbons (Fsp3) is 0.353. The largest absolute Gasteiger partial charge is 0.497 e. The summed E-state index contributed by atoms with van der Waals surface area (Å²) < 4.78 is 14.8. The summed E-state index contributed by atoms with van der Waals surface area (Å²) in [5.41, 5.74) is 0.450. The van der Waals surface area contributed by atoms with Crippen LogP contribution in [0.3, 0.4) is 0 Å². The first-order valence-corrected chi connectivity index (χ1v) is 7.76. The van der Waals surface area contributed by atoms with Crippen LogP contribution in [0.15, 0.2) is 41.1 Å². The Morgan fingerprint density at radius 2 is 2.12 bits per heavy atom. The highest BCUT2D eigenvalue weighted by Gasteiger charge is 2.19. The molecule has 0 saturated heterocycles. The average Bonchev–Trinajstić information content (AvgIpc) is 3.13. The summed E-state index contributed by atoms with van der Waals surface area (Å²) in [4.78, 5) is 26.4. The van der Waals surface area contributed by atoms with Gasteiger partial charge in [0.15, 0.2) is 5.82 Å². The van der Waals surface area contributed by atoms with E-state index < -0.39 is 0 Å². The predicted octanol–water partition coefficient (Wildman–Crippen LogP) is 1.80. The number of anilines is 1. The highest BCUT2D eigenvalue weighted by Crippen LogP contribution is 2.15. The lowest BCUT2D eigenvalue weighted by molar-refractivity contribution is -0.117. The zero-order chi connectivity index (χ0) is 18.1. The molecule has 0 unspecified atom stereocenters. The van der Waals surface area contributed by atoms with Gasteiger partial charge in [0.1, 0.15) is 18.6 Å². The summed E-state index contributed by atoms with van der Waals surface area (Å²) in [5, 5.41) is 6.20. The predicted molar refractivity (Wildman–Crippen MR) is 90.5 cm³/mol. The van der Waals surface area contributed by atoms with E-state index in [4.69, 9.17) is 9.47 Å². The molecule has 1 aromatic heterocycles. The minimum absolute atomic E-state index is 0.105. The molecule has 1 aromatic carbocycles. The quantitative estimate of drug-likeness (QED) is 0.695. The lowest BCUT2D eigenvalue weighted by atomic mass is 10.2. The van der Waals surface area contributed by atoms with Crippen molar-refractivity contribution in [2.45, 2.75) is 6.42 Å². The third-order valence-electron chi connectivity index (χ3n) is 3.42. The maximum absolute atomic E-state index is 12.8. The molecular formula is C17H21N3O5. The Labute approximate surface area is 145 Å². The van der Waals surface area contributed by atoms with E-state index in [1.807, 2.05) is 0 Å². The Balaban J connectivity index is 2.07. The Morgan fingerprint density at radius 3 is 2.80 bits per heavy atom. The highest BCUT2D eigenvalue weighted by atomic mass is 16.5. The molecule has 0 atom stereocenters. The summed E-state index contributed by atoms with van der Waals surface area (Å²) in [6, 6.07) is 8.33. The van der Waals surface area contributed by atoms with Crippen LogP contribution in [-0.2, 0) is 9.53 Å². The second-order valence-electron chi connectivity index (χ2n) is 5.24. The molecule has 1 N–H and O–H groups in total. The van der Waals surface area contributed by atoms with Crippen LogP contribution in [0.5, 0.6) is 5.75 Å². The number of rotatable bonds is 9. The SMILES string of the molecule is COCCCN(CC(=O)Nc1ccon1)C(=O)c1cccc(OC)c1. The van der Waals surface area contributed by atoms with Gasteiger partial charge in [0.2, 0.25) is 5.91 Å². The topological polar surface area (TPSA) is 93.9 Å². The van der Waals surface area contributed by atoms with Gasteiger partial charge in [-0.05, 0) is 24.6 Å². The number of hydrogen-bond acceptors (Lipinski definition) is 6. The molecule has 8 heteroatoms. The maximum atomic E-state index is 12.8. The number of nitrogens with zero attached hydrogens (tertiary/aromatic N) is 2. The Hall–Kier alpha value is -2.87. The molecule has 134 valence electrons. The molecule has 25 heavy (non-hydrogen) atoms. The zero-order valence-electron chi connectivity index (χ0n) is 14.2. The number of hydrogen-bond donors (Lipinski definition) is 1. The average molecular weight is 347 g/mol. The number of ether oxygens (including phenoxy) is 2. The minimum Gasteiger partial charge on any atom is -0.497 e. The monoisotopic (exact) mass is 347 g/mol. The van der Waals surface area contributed by atoms with Gasteiger partial charge < -0.3 is 24.2 Å². The molecule has 2 amide bonds. The third-order valence-corrected chi connectivity index (χ3v) is 3.42. The summed E-state index contributed by atoms with van der Waals surface area (Å²) in [5.74, 6) is 0.262. The fourth-order valence-electron chi connectivity index (χ4n) is 2.22. The number of nitrogens with one attached hydrogen (secondary N) is 1. The number of aromatic nitrogens is 1. The minimum atomic E-state index is -0.359. The molecule has 0 fully saturated rings. The zero-order valence-corrected chi connectivity index (χ0v) is 14.2. The number of benzene rings is 1. The van der Waals surface area contributed by atoms with E-state index in [9.17, 15) is 9.59 Å². The van der Waals surface area contributed by atoms with Crippen LogP contribution in [0.25, 0.3) is 0 Å². The molecule has 2 rings (SSSR count). The summed E-state index contributed by atoms with van der Waals surface area (Å²) >= 11 is 0. The van der Waals surface area contributed by atoms with Crippen LogP contribution in [0, 0.1) is 0 Å². The van der Waals surface area contributed by atoms with Gasteiger partial charge in [-0.1, -0.05) is 11.2 Å². The van der Waals surface area contributed by atoms with Gasteiger partial charge in [-0.15, -0.1) is 0 Å². The number of methoxy groups -OCH3 is 2. The van der Waals surface area contributed by atoms with Crippen LogP contribution in [0.2, 0.25) is 0 Å². The van der Waals surface area contributed by atoms with E-state index in [0.717, 1.165) is 0 Å². The maximum Gasteiger partial charge on any atom is 0.254 e. The number of carbonyl (C=O) groups is 2. The van der Waals surface area contributed by atoms with Gasteiger partial charge in [-0.2, -0.15) is 0 Å². The Kier molecular flexibility index (Phi) is 6.97. The molecule has 0 aliphatic carbocycles. The van der Waals surface area contributed by atoms with Crippen molar-refractivity contribution >= 4 is 17.6 Å². The summed E-state index contributed by atoms with van der Waals surface area (Å²) in [7, 11) is 3.12. The first kappa shape index (κ1) is 18.5. The van der Waals surface area contributed by atoms with Crippen molar-refractivity contribution in [3.05, 3.63) is 42.2 Å². The van der Waals surface area contributed by atoms with Crippen molar-refractivity contribution in [2.24, 2.45) is 0 Å². The molecule has 0 spiro atoms. The normalized spacial score (nSPS) is 10.3. The molecular weight excluding hydrogens is 326 g/mol. The Bertz CT molecular complexity index is 687. The molecule has 0 aliphatic rings. The van der Waals surface area contributed by atoms with Crippen LogP contribution < -0.4 is 10.1 Å². The van der Waals surface area contributed by atoms with Crippen LogP contribution in [-0.4, -0.2) is 55.8 Å². The molecule has 0 aliphatic heterocycles. The number of amides is 2. The van der Waals surface area contributed by atoms with Crippen molar-refractivity contribution in [1.29, 1.82) is 0 Å². The van der Waals surface area contributed by atoms with Crippen molar-refractivity contribution < 1.29 is 23.6 Å². The van der Waals surface area contributed by atoms with E-state index in [-0.39, 0.29) is 18.4 Å². The second-order valence-corrected chi connectivity index (χ2v) is 5.24. The summed E-state index contributed by atoms with van der Waals surface area (Å²) in [6.07, 6.45) is 1.97. The van der Waals surface area contributed by atoms with Crippen molar-refractivity contribution in [3.63, 3.8) is 0 Å². The van der Waals surface area contributed by atoms with E-state index in [1.54, 1.807) is 31.4 Å². The first-order valence-electron chi connectivity index (χ1n) is 7.76. The Morgan fingerprint density at radius 1 is 1.28 bits per heavy atom. The molecule has 0 radical (unpaired) electrons. The molecule has 1 heterocycles. The molecule has 8 nitrogen and oxygen atoms in total. The van der Waals surface area contributed by atoms with Crippen molar-refractivity contribution in [2.75, 3.05) is 39.2 Å². The molecule has 0 bridgehead atoms. The van der Waals surface area contributed by atoms with Gasteiger partial charge in [0.05, 0.1) is 7.11 Å². The van der Waals surface area contributed by atoms with Crippen molar-refractivity contribution in [3.8, 4) is 5.75 Å². The third kappa shape index (κ3) is 5.61. The van der Waals surface area contributed by atoms with E-state index in [0.29, 0.717) is 36.7 Å². The van der Waals surface area contributed by atoms with Gasteiger partial charge in [0, 0.05) is 31.9 Å². The van der Waals surface area contributed by atoms with Gasteiger partial charge >= 0.3 is 0 Å². The smallest absolute Gasteiger partial charge is 0.254 e. The lowest BCUT2D eigenvalue weighted by Gasteiger charge is -2.22.